The number of hydrogen-bond acceptors (Lipinski definition) is 4. The van der Waals surface area contributed by atoms with Crippen molar-refractivity contribution in [3.63, 3.8) is 0 Å². The molecule has 86 valence electrons. The van der Waals surface area contributed by atoms with Gasteiger partial charge < -0.3 is 15.3 Å². The Labute approximate surface area is 90.2 Å². The highest BCUT2D eigenvalue weighted by Gasteiger charge is 2.17. The molecule has 2 heterocycles. The molecule has 1 saturated heterocycles. The molecule has 0 radical (unpaired) electrons. The molecule has 1 fully saturated rings. The van der Waals surface area contributed by atoms with Crippen LogP contribution in [0.3, 0.4) is 0 Å². The summed E-state index contributed by atoms with van der Waals surface area (Å²) in [6.07, 6.45) is 2.71. The molecular weight excluding hydrogens is 194 g/mol. The second-order valence-corrected chi connectivity index (χ2v) is 3.57. The second-order valence-electron chi connectivity index (χ2n) is 3.57. The van der Waals surface area contributed by atoms with Crippen LogP contribution in [-0.4, -0.2) is 48.1 Å². The minimum absolute atomic E-state index is 0.222. The molecule has 0 spiro atoms. The van der Waals surface area contributed by atoms with Gasteiger partial charge in [0.15, 0.2) is 5.96 Å². The first-order chi connectivity index (χ1) is 7.24. The summed E-state index contributed by atoms with van der Waals surface area (Å²) in [5, 5.41) is 11.0. The van der Waals surface area contributed by atoms with Crippen molar-refractivity contribution < 1.29 is 9.90 Å². The topological polar surface area (TPSA) is 64.9 Å². The molecule has 0 bridgehead atoms. The van der Waals surface area contributed by atoms with Crippen molar-refractivity contribution in [1.29, 1.82) is 0 Å². The second kappa shape index (κ2) is 6.27. The van der Waals surface area contributed by atoms with E-state index in [0.717, 1.165) is 19.0 Å². The van der Waals surface area contributed by atoms with Gasteiger partial charge in [0.05, 0.1) is 0 Å². The molecule has 2 rings (SSSR count). The highest BCUT2D eigenvalue weighted by atomic mass is 16.4. The van der Waals surface area contributed by atoms with Crippen molar-refractivity contribution in [3.8, 4) is 0 Å². The van der Waals surface area contributed by atoms with E-state index in [-0.39, 0.29) is 6.42 Å². The molecular formula is C10H19N3O2. The summed E-state index contributed by atoms with van der Waals surface area (Å²) in [4.78, 5) is 16.1. The molecule has 2 aliphatic heterocycles. The highest BCUT2D eigenvalue weighted by Crippen LogP contribution is 2.05. The number of hydrogen-bond donors (Lipinski definition) is 2. The van der Waals surface area contributed by atoms with Gasteiger partial charge in [0.1, 0.15) is 0 Å². The first-order valence-electron chi connectivity index (χ1n) is 5.49. The molecule has 0 aromatic rings. The number of aliphatic carboxylic acids is 1. The summed E-state index contributed by atoms with van der Waals surface area (Å²) in [5.74, 6) is 0.391. The number of carboxylic acids is 1. The predicted molar refractivity (Wildman–Crippen MR) is 59.0 cm³/mol. The van der Waals surface area contributed by atoms with Gasteiger partial charge in [-0.15, -0.1) is 0 Å². The Bertz CT molecular complexity index is 241. The number of carbonyl (C=O) groups is 1. The molecule has 0 saturated carbocycles. The SMILES string of the molecule is C1CN=C2NCCCN2C1.CCC(=O)O. The minimum atomic E-state index is -0.745. The summed E-state index contributed by atoms with van der Waals surface area (Å²) in [7, 11) is 0. The van der Waals surface area contributed by atoms with E-state index in [1.165, 1.54) is 25.9 Å². The Morgan fingerprint density at radius 1 is 1.53 bits per heavy atom. The molecule has 0 atom stereocenters. The van der Waals surface area contributed by atoms with Gasteiger partial charge in [0.25, 0.3) is 0 Å². The number of nitrogens with one attached hydrogen (secondary N) is 1. The van der Waals surface area contributed by atoms with Gasteiger partial charge in [-0.2, -0.15) is 0 Å². The van der Waals surface area contributed by atoms with Crippen LogP contribution < -0.4 is 5.32 Å². The first-order valence-corrected chi connectivity index (χ1v) is 5.49. The lowest BCUT2D eigenvalue weighted by atomic mass is 10.2. The first kappa shape index (κ1) is 11.8. The molecule has 15 heavy (non-hydrogen) atoms. The van der Waals surface area contributed by atoms with Crippen LogP contribution in [0.2, 0.25) is 0 Å². The van der Waals surface area contributed by atoms with Crippen molar-refractivity contribution in [3.05, 3.63) is 0 Å². The lowest BCUT2D eigenvalue weighted by Gasteiger charge is -2.33. The van der Waals surface area contributed by atoms with Gasteiger partial charge in [-0.3, -0.25) is 9.79 Å². The summed E-state index contributed by atoms with van der Waals surface area (Å²) in [6.45, 7) is 6.12. The van der Waals surface area contributed by atoms with Gasteiger partial charge in [-0.25, -0.2) is 0 Å². The minimum Gasteiger partial charge on any atom is -0.481 e. The Morgan fingerprint density at radius 2 is 2.20 bits per heavy atom. The lowest BCUT2D eigenvalue weighted by Crippen LogP contribution is -2.49. The van der Waals surface area contributed by atoms with Crippen LogP contribution in [0.1, 0.15) is 26.2 Å². The van der Waals surface area contributed by atoms with E-state index in [2.05, 4.69) is 15.2 Å². The van der Waals surface area contributed by atoms with Crippen molar-refractivity contribution in [2.24, 2.45) is 4.99 Å². The zero-order valence-corrected chi connectivity index (χ0v) is 9.20. The van der Waals surface area contributed by atoms with Gasteiger partial charge >= 0.3 is 5.97 Å². The Kier molecular flexibility index (Phi) is 4.93. The van der Waals surface area contributed by atoms with Gasteiger partial charge in [-0.1, -0.05) is 6.92 Å². The molecule has 5 nitrogen and oxygen atoms in total. The molecule has 5 heteroatoms. The molecule has 0 aromatic heterocycles. The third kappa shape index (κ3) is 4.18. The van der Waals surface area contributed by atoms with Crippen LogP contribution in [0.5, 0.6) is 0 Å². The maximum absolute atomic E-state index is 9.37. The molecule has 0 amide bonds. The van der Waals surface area contributed by atoms with E-state index >= 15 is 0 Å². The fraction of sp³-hybridized carbons (Fsp3) is 0.800. The number of nitrogens with zero attached hydrogens (tertiary/aromatic N) is 2. The van der Waals surface area contributed by atoms with Gasteiger partial charge in [0.2, 0.25) is 0 Å². The standard InChI is InChI=1S/C7H13N3.C3H6O2/c1-3-8-7-9-4-2-6-10(7)5-1;1-2-3(4)5/h1-6H2,(H,8,9);2H2,1H3,(H,4,5). The zero-order chi connectivity index (χ0) is 11.1. The normalized spacial score (nSPS) is 19.0. The third-order valence-corrected chi connectivity index (χ3v) is 2.34. The van der Waals surface area contributed by atoms with Crippen LogP contribution in [0, 0.1) is 0 Å². The monoisotopic (exact) mass is 213 g/mol. The maximum Gasteiger partial charge on any atom is 0.303 e. The van der Waals surface area contributed by atoms with Crippen molar-refractivity contribution in [1.82, 2.24) is 10.2 Å². The average Bonchev–Trinajstić information content (AvgIpc) is 2.30. The zero-order valence-electron chi connectivity index (χ0n) is 9.20. The number of carboxylic acid groups (broad SMARTS) is 1. The Morgan fingerprint density at radius 3 is 2.80 bits per heavy atom. The van der Waals surface area contributed by atoms with Crippen LogP contribution in [0.15, 0.2) is 4.99 Å². The molecule has 2 N–H and O–H groups in total. The average molecular weight is 213 g/mol. The van der Waals surface area contributed by atoms with Crippen LogP contribution in [0.4, 0.5) is 0 Å². The summed E-state index contributed by atoms with van der Waals surface area (Å²) >= 11 is 0. The van der Waals surface area contributed by atoms with Crippen molar-refractivity contribution in [2.75, 3.05) is 26.2 Å². The fourth-order valence-corrected chi connectivity index (χ4v) is 1.51. The quantitative estimate of drug-likeness (QED) is 0.666. The van der Waals surface area contributed by atoms with Crippen molar-refractivity contribution >= 4 is 11.9 Å². The molecule has 0 unspecified atom stereocenters. The largest absolute Gasteiger partial charge is 0.481 e. The predicted octanol–water partition coefficient (Wildman–Crippen LogP) is 0.522. The van der Waals surface area contributed by atoms with Gasteiger partial charge in [0, 0.05) is 32.6 Å². The van der Waals surface area contributed by atoms with E-state index in [4.69, 9.17) is 5.11 Å². The van der Waals surface area contributed by atoms with E-state index in [1.807, 2.05) is 0 Å². The van der Waals surface area contributed by atoms with Crippen LogP contribution in [-0.2, 0) is 4.79 Å². The summed E-state index contributed by atoms with van der Waals surface area (Å²) in [6, 6.07) is 0. The number of rotatable bonds is 1. The highest BCUT2D eigenvalue weighted by molar-refractivity contribution is 5.81. The van der Waals surface area contributed by atoms with E-state index in [1.54, 1.807) is 6.92 Å². The Balaban J connectivity index is 0.000000195. The van der Waals surface area contributed by atoms with E-state index in [9.17, 15) is 4.79 Å². The third-order valence-electron chi connectivity index (χ3n) is 2.34. The summed E-state index contributed by atoms with van der Waals surface area (Å²) < 4.78 is 0. The number of guanidine groups is 1. The molecule has 2 aliphatic rings. The maximum atomic E-state index is 9.37. The summed E-state index contributed by atoms with van der Waals surface area (Å²) in [5.41, 5.74) is 0. The smallest absolute Gasteiger partial charge is 0.303 e. The number of aliphatic imine (C=N–C) groups is 1. The number of fused-ring (bicyclic) bond motifs is 1. The van der Waals surface area contributed by atoms with E-state index in [0.29, 0.717) is 0 Å². The van der Waals surface area contributed by atoms with Crippen LogP contribution in [0.25, 0.3) is 0 Å². The van der Waals surface area contributed by atoms with Crippen LogP contribution >= 0.6 is 0 Å². The molecule has 0 aromatic carbocycles. The van der Waals surface area contributed by atoms with Gasteiger partial charge in [-0.05, 0) is 12.8 Å². The van der Waals surface area contributed by atoms with E-state index < -0.39 is 5.97 Å². The van der Waals surface area contributed by atoms with Crippen molar-refractivity contribution in [2.45, 2.75) is 26.2 Å². The Hall–Kier alpha value is -1.26. The fourth-order valence-electron chi connectivity index (χ4n) is 1.51. The lowest BCUT2D eigenvalue weighted by molar-refractivity contribution is -0.136. The molecule has 0 aliphatic carbocycles.